The highest BCUT2D eigenvalue weighted by Crippen LogP contribution is 2.16. The number of amides is 1. The first-order valence-electron chi connectivity index (χ1n) is 26.3. The average Bonchev–Trinajstić information content (AvgIpc) is 3.24. The third-order valence-electron chi connectivity index (χ3n) is 12.2. The van der Waals surface area contributed by atoms with Gasteiger partial charge in [0, 0.05) is 6.42 Å². The quantitative estimate of drug-likeness (QED) is 0.0363. The topological polar surface area (TPSA) is 89.8 Å². The molecule has 5 nitrogen and oxygen atoms in total. The van der Waals surface area contributed by atoms with E-state index < -0.39 is 18.2 Å². The summed E-state index contributed by atoms with van der Waals surface area (Å²) in [4.78, 5) is 12.5. The van der Waals surface area contributed by atoms with Crippen molar-refractivity contribution in [3.63, 3.8) is 0 Å². The Kier molecular flexibility index (Phi) is 48.0. The molecule has 0 saturated heterocycles. The van der Waals surface area contributed by atoms with Crippen molar-refractivity contribution in [2.24, 2.45) is 0 Å². The summed E-state index contributed by atoms with van der Waals surface area (Å²) in [7, 11) is 0. The molecule has 0 bridgehead atoms. The van der Waals surface area contributed by atoms with Crippen molar-refractivity contribution >= 4 is 5.91 Å². The summed E-state index contributed by atoms with van der Waals surface area (Å²) >= 11 is 0. The molecule has 1 amide bonds. The minimum Gasteiger partial charge on any atom is -0.394 e. The minimum atomic E-state index is -1.17. The van der Waals surface area contributed by atoms with Crippen LogP contribution in [0.25, 0.3) is 0 Å². The third-order valence-corrected chi connectivity index (χ3v) is 12.2. The molecule has 5 heteroatoms. The molecule has 0 aromatic carbocycles. The summed E-state index contributed by atoms with van der Waals surface area (Å²) < 4.78 is 0. The summed E-state index contributed by atoms with van der Waals surface area (Å²) in [6.07, 6.45) is 62.8. The molecular weight excluding hydrogens is 727 g/mol. The summed E-state index contributed by atoms with van der Waals surface area (Å²) in [6, 6.07) is -0.835. The number of aliphatic hydroxyl groups excluding tert-OH is 3. The number of rotatable bonds is 48. The molecule has 0 aliphatic carbocycles. The molecular formula is C54H103NO4. The number of allylic oxidation sites excluding steroid dienone is 6. The van der Waals surface area contributed by atoms with E-state index in [0.29, 0.717) is 12.8 Å². The van der Waals surface area contributed by atoms with E-state index >= 15 is 0 Å². The van der Waals surface area contributed by atoms with Gasteiger partial charge in [-0.05, 0) is 77.0 Å². The van der Waals surface area contributed by atoms with Crippen LogP contribution >= 0.6 is 0 Å². The first-order chi connectivity index (χ1) is 29.1. The van der Waals surface area contributed by atoms with E-state index in [1.165, 1.54) is 205 Å². The fourth-order valence-electron chi connectivity index (χ4n) is 8.12. The van der Waals surface area contributed by atoms with E-state index in [-0.39, 0.29) is 12.5 Å². The zero-order valence-corrected chi connectivity index (χ0v) is 39.6. The summed E-state index contributed by atoms with van der Waals surface area (Å²) in [5.41, 5.74) is 0. The zero-order valence-electron chi connectivity index (χ0n) is 39.6. The van der Waals surface area contributed by atoms with Gasteiger partial charge in [-0.1, -0.05) is 230 Å². The Hall–Kier alpha value is -1.43. The molecule has 0 aromatic heterocycles. The predicted molar refractivity (Wildman–Crippen MR) is 259 cm³/mol. The molecule has 3 unspecified atom stereocenters. The lowest BCUT2D eigenvalue weighted by molar-refractivity contribution is -0.124. The second-order valence-corrected chi connectivity index (χ2v) is 18.1. The van der Waals surface area contributed by atoms with Gasteiger partial charge in [0.1, 0.15) is 6.10 Å². The third kappa shape index (κ3) is 44.4. The fraction of sp³-hybridized carbons (Fsp3) is 0.870. The fourth-order valence-corrected chi connectivity index (χ4v) is 8.12. The van der Waals surface area contributed by atoms with E-state index in [2.05, 4.69) is 55.6 Å². The van der Waals surface area contributed by atoms with Crippen LogP contribution in [-0.4, -0.2) is 46.1 Å². The van der Waals surface area contributed by atoms with E-state index in [4.69, 9.17) is 0 Å². The SMILES string of the molecule is CCCCCCCCCCCCC/C=C\CCCCCCCCCC(=O)NC(CO)C(O)C(O)CCC/C=C/CC/C=C/CCCCCCCCCCCCCCCC. The average molecular weight is 830 g/mol. The van der Waals surface area contributed by atoms with E-state index in [1.807, 2.05) is 0 Å². The van der Waals surface area contributed by atoms with Crippen LogP contribution in [0.3, 0.4) is 0 Å². The smallest absolute Gasteiger partial charge is 0.220 e. The van der Waals surface area contributed by atoms with Crippen molar-refractivity contribution in [2.45, 2.75) is 295 Å². The number of carbonyl (C=O) groups excluding carboxylic acids is 1. The molecule has 3 atom stereocenters. The standard InChI is InChI=1S/C54H103NO4/c1-3-5-7-9-11-13-15-17-19-21-23-25-27-28-30-32-34-36-38-40-42-44-46-48-52(57)54(59)51(50-56)55-53(58)49-47-45-43-41-39-37-35-33-31-29-26-24-22-20-18-16-14-12-10-8-6-4-2/h29,31-32,34,40,42,51-52,54,56-57,59H,3-28,30,33,35-39,41,43-50H2,1-2H3,(H,55,58)/b31-29-,34-32+,42-40+. The highest BCUT2D eigenvalue weighted by atomic mass is 16.3. The van der Waals surface area contributed by atoms with Crippen molar-refractivity contribution in [3.05, 3.63) is 36.5 Å². The van der Waals surface area contributed by atoms with Gasteiger partial charge in [0.05, 0.1) is 18.8 Å². The van der Waals surface area contributed by atoms with E-state index in [1.54, 1.807) is 0 Å². The van der Waals surface area contributed by atoms with Crippen LogP contribution in [0.15, 0.2) is 36.5 Å². The number of carbonyl (C=O) groups is 1. The Morgan fingerprint density at radius 2 is 0.695 bits per heavy atom. The largest absolute Gasteiger partial charge is 0.394 e. The predicted octanol–water partition coefficient (Wildman–Crippen LogP) is 15.9. The molecule has 0 spiro atoms. The lowest BCUT2D eigenvalue weighted by Gasteiger charge is -2.26. The molecule has 348 valence electrons. The molecule has 0 saturated carbocycles. The Labute approximate surface area is 368 Å². The van der Waals surface area contributed by atoms with Crippen molar-refractivity contribution in [2.75, 3.05) is 6.61 Å². The molecule has 0 aliphatic heterocycles. The van der Waals surface area contributed by atoms with Gasteiger partial charge in [-0.2, -0.15) is 0 Å². The number of hydrogen-bond donors (Lipinski definition) is 4. The minimum absolute atomic E-state index is 0.160. The molecule has 4 N–H and O–H groups in total. The zero-order chi connectivity index (χ0) is 43.0. The van der Waals surface area contributed by atoms with Crippen molar-refractivity contribution in [1.82, 2.24) is 5.32 Å². The van der Waals surface area contributed by atoms with Gasteiger partial charge in [0.2, 0.25) is 5.91 Å². The maximum absolute atomic E-state index is 12.5. The molecule has 0 fully saturated rings. The lowest BCUT2D eigenvalue weighted by Crippen LogP contribution is -2.50. The van der Waals surface area contributed by atoms with Gasteiger partial charge >= 0.3 is 0 Å². The Bertz CT molecular complexity index is 916. The van der Waals surface area contributed by atoms with Crippen LogP contribution in [0.4, 0.5) is 0 Å². The highest BCUT2D eigenvalue weighted by Gasteiger charge is 2.26. The van der Waals surface area contributed by atoms with Gasteiger partial charge < -0.3 is 20.6 Å². The normalized spacial score (nSPS) is 13.6. The summed E-state index contributed by atoms with van der Waals surface area (Å²) in [5.74, 6) is -0.160. The lowest BCUT2D eigenvalue weighted by atomic mass is 10.0. The Morgan fingerprint density at radius 1 is 0.407 bits per heavy atom. The maximum Gasteiger partial charge on any atom is 0.220 e. The number of aliphatic hydroxyl groups is 3. The van der Waals surface area contributed by atoms with Gasteiger partial charge in [0.15, 0.2) is 0 Å². The second-order valence-electron chi connectivity index (χ2n) is 18.1. The molecule has 0 aliphatic rings. The van der Waals surface area contributed by atoms with Gasteiger partial charge in [0.25, 0.3) is 0 Å². The van der Waals surface area contributed by atoms with Crippen LogP contribution in [0.2, 0.25) is 0 Å². The first-order valence-corrected chi connectivity index (χ1v) is 26.3. The Balaban J connectivity index is 3.64. The van der Waals surface area contributed by atoms with Crippen molar-refractivity contribution in [1.29, 1.82) is 0 Å². The number of unbranched alkanes of at least 4 members (excludes halogenated alkanes) is 34. The molecule has 0 aromatic rings. The van der Waals surface area contributed by atoms with Crippen LogP contribution in [0.5, 0.6) is 0 Å². The number of nitrogens with one attached hydrogen (secondary N) is 1. The molecule has 0 heterocycles. The highest BCUT2D eigenvalue weighted by molar-refractivity contribution is 5.76. The van der Waals surface area contributed by atoms with Crippen LogP contribution in [0.1, 0.15) is 277 Å². The monoisotopic (exact) mass is 830 g/mol. The van der Waals surface area contributed by atoms with Gasteiger partial charge in [-0.25, -0.2) is 0 Å². The van der Waals surface area contributed by atoms with Crippen LogP contribution in [-0.2, 0) is 4.79 Å². The molecule has 0 rings (SSSR count). The molecule has 59 heavy (non-hydrogen) atoms. The summed E-state index contributed by atoms with van der Waals surface area (Å²) in [5, 5.41) is 33.7. The molecule has 0 radical (unpaired) electrons. The van der Waals surface area contributed by atoms with Crippen LogP contribution < -0.4 is 5.32 Å². The van der Waals surface area contributed by atoms with E-state index in [9.17, 15) is 20.1 Å². The van der Waals surface area contributed by atoms with E-state index in [0.717, 1.165) is 44.9 Å². The Morgan fingerprint density at radius 3 is 1.03 bits per heavy atom. The maximum atomic E-state index is 12.5. The van der Waals surface area contributed by atoms with Gasteiger partial charge in [-0.3, -0.25) is 4.79 Å². The van der Waals surface area contributed by atoms with Gasteiger partial charge in [-0.15, -0.1) is 0 Å². The first kappa shape index (κ1) is 57.6. The van der Waals surface area contributed by atoms with Crippen molar-refractivity contribution in [3.8, 4) is 0 Å². The second kappa shape index (κ2) is 49.2. The number of hydrogen-bond acceptors (Lipinski definition) is 4. The van der Waals surface area contributed by atoms with Crippen molar-refractivity contribution < 1.29 is 20.1 Å². The summed E-state index contributed by atoms with van der Waals surface area (Å²) in [6.45, 7) is 4.19. The van der Waals surface area contributed by atoms with Crippen LogP contribution in [0, 0.1) is 0 Å².